The Labute approximate surface area is 172 Å². The van der Waals surface area contributed by atoms with Crippen LogP contribution in [0.25, 0.3) is 16.8 Å². The van der Waals surface area contributed by atoms with Crippen LogP contribution in [0.5, 0.6) is 11.5 Å². The summed E-state index contributed by atoms with van der Waals surface area (Å²) in [5.41, 5.74) is 4.86. The van der Waals surface area contributed by atoms with Crippen LogP contribution in [0.1, 0.15) is 15.2 Å². The molecule has 2 aromatic heterocycles. The smallest absolute Gasteiger partial charge is 0.267 e. The van der Waals surface area contributed by atoms with Gasteiger partial charge in [-0.1, -0.05) is 29.8 Å². The number of anilines is 1. The molecule has 29 heavy (non-hydrogen) atoms. The summed E-state index contributed by atoms with van der Waals surface area (Å²) in [5.74, 6) is 1.17. The summed E-state index contributed by atoms with van der Waals surface area (Å²) in [5, 5.41) is 5.02. The van der Waals surface area contributed by atoms with E-state index in [0.717, 1.165) is 16.8 Å². The predicted molar refractivity (Wildman–Crippen MR) is 114 cm³/mol. The average molecular weight is 402 g/mol. The molecule has 2 aromatic carbocycles. The minimum absolute atomic E-state index is 0.157. The van der Waals surface area contributed by atoms with Crippen LogP contribution >= 0.6 is 11.3 Å². The molecule has 0 fully saturated rings. The molecule has 4 aromatic rings. The van der Waals surface area contributed by atoms with E-state index in [4.69, 9.17) is 9.47 Å². The van der Waals surface area contributed by atoms with E-state index in [2.05, 4.69) is 36.5 Å². The zero-order valence-electron chi connectivity index (χ0n) is 15.7. The van der Waals surface area contributed by atoms with E-state index >= 15 is 0 Å². The molecule has 0 atom stereocenters. The number of fused-ring (bicyclic) bond motifs is 1. The molecular weight excluding hydrogens is 384 g/mol. The van der Waals surface area contributed by atoms with Crippen LogP contribution in [0.15, 0.2) is 72.4 Å². The summed E-state index contributed by atoms with van der Waals surface area (Å²) in [6.07, 6.45) is 3.91. The monoisotopic (exact) mass is 402 g/mol. The van der Waals surface area contributed by atoms with Gasteiger partial charge in [-0.05, 0) is 36.8 Å². The molecule has 0 saturated carbocycles. The van der Waals surface area contributed by atoms with Crippen LogP contribution in [0.4, 0.5) is 5.69 Å². The molecule has 0 bridgehead atoms. The number of hydrogen-bond acceptors (Lipinski definition) is 4. The first kappa shape index (κ1) is 17.6. The van der Waals surface area contributed by atoms with Gasteiger partial charge in [0.25, 0.3) is 5.91 Å². The largest absolute Gasteiger partial charge is 0.454 e. The number of nitrogens with zero attached hydrogens (tertiary/aromatic N) is 1. The lowest BCUT2D eigenvalue weighted by atomic mass is 10.0. The van der Waals surface area contributed by atoms with Crippen LogP contribution in [-0.2, 0) is 0 Å². The van der Waals surface area contributed by atoms with Crippen molar-refractivity contribution in [1.82, 2.24) is 4.57 Å². The molecule has 0 unspecified atom stereocenters. The fourth-order valence-electron chi connectivity index (χ4n) is 3.35. The topological polar surface area (TPSA) is 52.5 Å². The molecule has 5 nitrogen and oxygen atoms in total. The lowest BCUT2D eigenvalue weighted by Gasteiger charge is -2.11. The van der Waals surface area contributed by atoms with Crippen molar-refractivity contribution in [3.05, 3.63) is 82.8 Å². The first-order valence-corrected chi connectivity index (χ1v) is 10.1. The molecule has 6 heteroatoms. The highest BCUT2D eigenvalue weighted by Gasteiger charge is 2.21. The number of aryl methyl sites for hydroxylation is 1. The first-order valence-electron chi connectivity index (χ1n) is 9.22. The second kappa shape index (κ2) is 7.14. The number of hydrogen-bond donors (Lipinski definition) is 1. The van der Waals surface area contributed by atoms with Gasteiger partial charge < -0.3 is 19.4 Å². The van der Waals surface area contributed by atoms with Gasteiger partial charge in [-0.15, -0.1) is 11.3 Å². The molecule has 1 aliphatic rings. The number of carbonyl (C=O) groups is 1. The number of ether oxygens (including phenoxy) is 2. The van der Waals surface area contributed by atoms with Crippen molar-refractivity contribution < 1.29 is 14.3 Å². The predicted octanol–water partition coefficient (Wildman–Crippen LogP) is 5.50. The van der Waals surface area contributed by atoms with Crippen LogP contribution in [0.3, 0.4) is 0 Å². The Kier molecular flexibility index (Phi) is 4.33. The Balaban J connectivity index is 1.52. The van der Waals surface area contributed by atoms with Gasteiger partial charge in [0.05, 0.1) is 5.69 Å². The third kappa shape index (κ3) is 3.28. The number of amides is 1. The van der Waals surface area contributed by atoms with Gasteiger partial charge in [-0.2, -0.15) is 0 Å². The highest BCUT2D eigenvalue weighted by atomic mass is 32.1. The molecule has 0 radical (unpaired) electrons. The minimum Gasteiger partial charge on any atom is -0.454 e. The minimum atomic E-state index is -0.157. The highest BCUT2D eigenvalue weighted by molar-refractivity contribution is 7.13. The third-order valence-electron chi connectivity index (χ3n) is 4.83. The number of aromatic nitrogens is 1. The maximum Gasteiger partial charge on any atom is 0.267 e. The van der Waals surface area contributed by atoms with Gasteiger partial charge in [0, 0.05) is 35.1 Å². The average Bonchev–Trinajstić information content (AvgIpc) is 3.47. The van der Waals surface area contributed by atoms with Crippen molar-refractivity contribution in [2.75, 3.05) is 12.1 Å². The zero-order chi connectivity index (χ0) is 19.8. The van der Waals surface area contributed by atoms with Gasteiger partial charge in [0.15, 0.2) is 11.5 Å². The van der Waals surface area contributed by atoms with E-state index in [1.54, 1.807) is 12.1 Å². The molecule has 144 valence electrons. The molecule has 1 amide bonds. The highest BCUT2D eigenvalue weighted by Crippen LogP contribution is 2.37. The fourth-order valence-corrected chi connectivity index (χ4v) is 4.32. The molecule has 5 rings (SSSR count). The summed E-state index contributed by atoms with van der Waals surface area (Å²) in [6, 6.07) is 17.6. The summed E-state index contributed by atoms with van der Waals surface area (Å²) < 4.78 is 12.7. The lowest BCUT2D eigenvalue weighted by Crippen LogP contribution is -2.13. The molecular formula is C23H18N2O3S. The first-order chi connectivity index (χ1) is 14.2. The number of benzene rings is 2. The van der Waals surface area contributed by atoms with E-state index in [1.807, 2.05) is 40.5 Å². The quantitative estimate of drug-likeness (QED) is 0.491. The standard InChI is InChI=1S/C23H18N2O3S/c1-15-4-6-16(7-5-15)18-13-29-22(21(18)25-10-2-3-11-25)23(26)24-17-8-9-19-20(12-17)28-14-27-19/h2-13H,14H2,1H3,(H,24,26). The van der Waals surface area contributed by atoms with E-state index in [0.29, 0.717) is 22.1 Å². The van der Waals surface area contributed by atoms with Crippen molar-refractivity contribution in [2.45, 2.75) is 6.92 Å². The third-order valence-corrected chi connectivity index (χ3v) is 5.79. The van der Waals surface area contributed by atoms with Gasteiger partial charge in [0.2, 0.25) is 6.79 Å². The van der Waals surface area contributed by atoms with E-state index in [-0.39, 0.29) is 12.7 Å². The Morgan fingerprint density at radius 2 is 1.79 bits per heavy atom. The number of nitrogens with one attached hydrogen (secondary N) is 1. The Morgan fingerprint density at radius 1 is 1.03 bits per heavy atom. The normalized spacial score (nSPS) is 12.2. The van der Waals surface area contributed by atoms with E-state index in [9.17, 15) is 4.79 Å². The van der Waals surface area contributed by atoms with Crippen LogP contribution in [-0.4, -0.2) is 17.3 Å². The van der Waals surface area contributed by atoms with Crippen molar-refractivity contribution in [2.24, 2.45) is 0 Å². The van der Waals surface area contributed by atoms with Crippen molar-refractivity contribution in [3.8, 4) is 28.3 Å². The SMILES string of the molecule is Cc1ccc(-c2csc(C(=O)Nc3ccc4c(c3)OCO4)c2-n2cccc2)cc1. The van der Waals surface area contributed by atoms with Gasteiger partial charge >= 0.3 is 0 Å². The fraction of sp³-hybridized carbons (Fsp3) is 0.0870. The molecule has 0 saturated heterocycles. The van der Waals surface area contributed by atoms with Crippen molar-refractivity contribution in [1.29, 1.82) is 0 Å². The molecule has 1 N–H and O–H groups in total. The Hall–Kier alpha value is -3.51. The van der Waals surface area contributed by atoms with Gasteiger partial charge in [0.1, 0.15) is 4.88 Å². The Morgan fingerprint density at radius 3 is 2.59 bits per heavy atom. The second-order valence-corrected chi connectivity index (χ2v) is 7.69. The maximum absolute atomic E-state index is 13.1. The van der Waals surface area contributed by atoms with Crippen LogP contribution in [0, 0.1) is 6.92 Å². The molecule has 3 heterocycles. The maximum atomic E-state index is 13.1. The van der Waals surface area contributed by atoms with E-state index in [1.165, 1.54) is 16.9 Å². The summed E-state index contributed by atoms with van der Waals surface area (Å²) in [6.45, 7) is 2.27. The number of thiophene rings is 1. The number of rotatable bonds is 4. The summed E-state index contributed by atoms with van der Waals surface area (Å²) in [4.78, 5) is 13.8. The van der Waals surface area contributed by atoms with Crippen molar-refractivity contribution >= 4 is 22.9 Å². The second-order valence-electron chi connectivity index (χ2n) is 6.81. The van der Waals surface area contributed by atoms with Crippen molar-refractivity contribution in [3.63, 3.8) is 0 Å². The van der Waals surface area contributed by atoms with Gasteiger partial charge in [-0.25, -0.2) is 0 Å². The lowest BCUT2D eigenvalue weighted by molar-refractivity contribution is 0.103. The molecule has 0 spiro atoms. The molecule has 0 aliphatic carbocycles. The van der Waals surface area contributed by atoms with Crippen LogP contribution < -0.4 is 14.8 Å². The number of carbonyl (C=O) groups excluding carboxylic acids is 1. The molecule has 1 aliphatic heterocycles. The van der Waals surface area contributed by atoms with E-state index < -0.39 is 0 Å². The zero-order valence-corrected chi connectivity index (χ0v) is 16.5. The van der Waals surface area contributed by atoms with Gasteiger partial charge in [-0.3, -0.25) is 4.79 Å². The summed E-state index contributed by atoms with van der Waals surface area (Å²) in [7, 11) is 0. The van der Waals surface area contributed by atoms with Crippen LogP contribution in [0.2, 0.25) is 0 Å². The summed E-state index contributed by atoms with van der Waals surface area (Å²) >= 11 is 1.44. The Bertz CT molecular complexity index is 1180.